The van der Waals surface area contributed by atoms with E-state index in [0.717, 1.165) is 10.9 Å². The van der Waals surface area contributed by atoms with Gasteiger partial charge in [-0.15, -0.1) is 0 Å². The van der Waals surface area contributed by atoms with Crippen molar-refractivity contribution in [3.63, 3.8) is 0 Å². The number of aliphatic hydroxyl groups is 1. The second kappa shape index (κ2) is 6.91. The van der Waals surface area contributed by atoms with Gasteiger partial charge in [0.1, 0.15) is 6.54 Å². The number of aliphatic hydroxyl groups excluding tert-OH is 1. The summed E-state index contributed by atoms with van der Waals surface area (Å²) in [6, 6.07) is 7.29. The maximum Gasteiger partial charge on any atom is 0.405 e. The number of benzene rings is 1. The summed E-state index contributed by atoms with van der Waals surface area (Å²) in [6.45, 7) is -1.89. The summed E-state index contributed by atoms with van der Waals surface area (Å²) in [5.74, 6) is -2.64. The summed E-state index contributed by atoms with van der Waals surface area (Å²) in [6.07, 6.45) is -4.01. The van der Waals surface area contributed by atoms with Crippen molar-refractivity contribution >= 4 is 22.7 Å². The Morgan fingerprint density at radius 3 is 2.50 bits per heavy atom. The smallest absolute Gasteiger partial charge is 0.386 e. The van der Waals surface area contributed by atoms with E-state index in [4.69, 9.17) is 0 Å². The van der Waals surface area contributed by atoms with Gasteiger partial charge in [0.25, 0.3) is 0 Å². The van der Waals surface area contributed by atoms with Crippen molar-refractivity contribution in [2.24, 2.45) is 7.05 Å². The van der Waals surface area contributed by atoms with Gasteiger partial charge in [-0.3, -0.25) is 9.59 Å². The highest BCUT2D eigenvalue weighted by molar-refractivity contribution is 6.35. The van der Waals surface area contributed by atoms with Gasteiger partial charge in [-0.25, -0.2) is 0 Å². The van der Waals surface area contributed by atoms with E-state index in [1.54, 1.807) is 29.9 Å². The van der Waals surface area contributed by atoms with Crippen LogP contribution in [0.15, 0.2) is 30.5 Å². The molecule has 1 unspecified atom stereocenters. The third-order valence-corrected chi connectivity index (χ3v) is 3.40. The standard InChI is InChI=1S/C15H16F3N3O3/c1-21-7-10(9-4-2-3-5-11(9)21)12(22)6-19-13(23)14(24)20-8-15(16,17)18/h2-5,7,12,22H,6,8H2,1H3,(H,19,23)(H,20,24). The van der Waals surface area contributed by atoms with Crippen molar-refractivity contribution in [2.45, 2.75) is 12.3 Å². The number of rotatable bonds is 4. The average molecular weight is 343 g/mol. The van der Waals surface area contributed by atoms with Gasteiger partial charge in [0.2, 0.25) is 0 Å². The first-order valence-corrected chi connectivity index (χ1v) is 7.04. The van der Waals surface area contributed by atoms with E-state index in [1.807, 2.05) is 12.1 Å². The number of aryl methyl sites for hydroxylation is 1. The van der Waals surface area contributed by atoms with Gasteiger partial charge < -0.3 is 20.3 Å². The van der Waals surface area contributed by atoms with E-state index < -0.39 is 30.6 Å². The summed E-state index contributed by atoms with van der Waals surface area (Å²) >= 11 is 0. The van der Waals surface area contributed by atoms with Crippen molar-refractivity contribution in [2.75, 3.05) is 13.1 Å². The molecule has 1 atom stereocenters. The molecule has 0 spiro atoms. The van der Waals surface area contributed by atoms with E-state index in [2.05, 4.69) is 5.32 Å². The van der Waals surface area contributed by atoms with Crippen molar-refractivity contribution in [3.05, 3.63) is 36.0 Å². The highest BCUT2D eigenvalue weighted by Crippen LogP contribution is 2.25. The van der Waals surface area contributed by atoms with Crippen LogP contribution in [0, 0.1) is 0 Å². The third kappa shape index (κ3) is 4.25. The highest BCUT2D eigenvalue weighted by Gasteiger charge is 2.29. The predicted octanol–water partition coefficient (Wildman–Crippen LogP) is 1.01. The first-order valence-electron chi connectivity index (χ1n) is 7.04. The first-order chi connectivity index (χ1) is 11.2. The molecule has 0 saturated carbocycles. The molecule has 2 aromatic rings. The predicted molar refractivity (Wildman–Crippen MR) is 80.0 cm³/mol. The number of hydrogen-bond acceptors (Lipinski definition) is 3. The Labute approximate surface area is 135 Å². The number of amides is 2. The lowest BCUT2D eigenvalue weighted by Crippen LogP contribution is -2.44. The van der Waals surface area contributed by atoms with E-state index in [0.29, 0.717) is 5.56 Å². The molecule has 6 nitrogen and oxygen atoms in total. The van der Waals surface area contributed by atoms with Crippen molar-refractivity contribution in [1.82, 2.24) is 15.2 Å². The number of fused-ring (bicyclic) bond motifs is 1. The lowest BCUT2D eigenvalue weighted by Gasteiger charge is -2.12. The second-order valence-corrected chi connectivity index (χ2v) is 5.24. The molecule has 9 heteroatoms. The summed E-state index contributed by atoms with van der Waals surface area (Å²) in [7, 11) is 1.79. The molecule has 1 aromatic heterocycles. The molecular formula is C15H16F3N3O3. The average Bonchev–Trinajstić information content (AvgIpc) is 2.87. The summed E-state index contributed by atoms with van der Waals surface area (Å²) in [4.78, 5) is 22.7. The molecule has 2 rings (SSSR count). The van der Waals surface area contributed by atoms with Gasteiger partial charge >= 0.3 is 18.0 Å². The zero-order valence-electron chi connectivity index (χ0n) is 12.7. The van der Waals surface area contributed by atoms with Gasteiger partial charge in [0.05, 0.1) is 6.10 Å². The topological polar surface area (TPSA) is 83.4 Å². The number of para-hydroxylation sites is 1. The third-order valence-electron chi connectivity index (χ3n) is 3.40. The minimum Gasteiger partial charge on any atom is -0.386 e. The highest BCUT2D eigenvalue weighted by atomic mass is 19.4. The first kappa shape index (κ1) is 17.8. The van der Waals surface area contributed by atoms with Gasteiger partial charge in [0.15, 0.2) is 0 Å². The molecule has 0 aliphatic rings. The Bertz CT molecular complexity index is 755. The number of nitrogens with one attached hydrogen (secondary N) is 2. The number of aromatic nitrogens is 1. The molecule has 1 aromatic carbocycles. The number of hydrogen-bond donors (Lipinski definition) is 3. The Morgan fingerprint density at radius 2 is 1.83 bits per heavy atom. The molecule has 24 heavy (non-hydrogen) atoms. The number of alkyl halides is 3. The molecule has 0 radical (unpaired) electrons. The SMILES string of the molecule is Cn1cc(C(O)CNC(=O)C(=O)NCC(F)(F)F)c2ccccc21. The fourth-order valence-electron chi connectivity index (χ4n) is 2.28. The maximum atomic E-state index is 12.0. The van der Waals surface area contributed by atoms with Crippen LogP contribution in [-0.2, 0) is 16.6 Å². The van der Waals surface area contributed by atoms with Crippen molar-refractivity contribution < 1.29 is 27.9 Å². The van der Waals surface area contributed by atoms with E-state index >= 15 is 0 Å². The lowest BCUT2D eigenvalue weighted by molar-refractivity contribution is -0.146. The zero-order valence-corrected chi connectivity index (χ0v) is 12.7. The van der Waals surface area contributed by atoms with Gasteiger partial charge in [-0.05, 0) is 6.07 Å². The minimum atomic E-state index is -4.60. The fourth-order valence-corrected chi connectivity index (χ4v) is 2.28. The molecule has 0 bridgehead atoms. The molecule has 0 saturated heterocycles. The van der Waals surface area contributed by atoms with Crippen molar-refractivity contribution in [3.8, 4) is 0 Å². The molecule has 0 aliphatic carbocycles. The van der Waals surface area contributed by atoms with Crippen LogP contribution in [-0.4, -0.2) is 40.8 Å². The van der Waals surface area contributed by atoms with E-state index in [-0.39, 0.29) is 6.54 Å². The molecule has 0 aliphatic heterocycles. The second-order valence-electron chi connectivity index (χ2n) is 5.24. The van der Waals surface area contributed by atoms with E-state index in [1.165, 1.54) is 5.32 Å². The van der Waals surface area contributed by atoms with Crippen LogP contribution in [0.1, 0.15) is 11.7 Å². The lowest BCUT2D eigenvalue weighted by atomic mass is 10.1. The largest absolute Gasteiger partial charge is 0.405 e. The normalized spacial score (nSPS) is 12.9. The van der Waals surface area contributed by atoms with Crippen LogP contribution in [0.25, 0.3) is 10.9 Å². The maximum absolute atomic E-state index is 12.0. The van der Waals surface area contributed by atoms with E-state index in [9.17, 15) is 27.9 Å². The monoisotopic (exact) mass is 343 g/mol. The molecular weight excluding hydrogens is 327 g/mol. The Balaban J connectivity index is 1.96. The number of carbonyl (C=O) groups is 2. The Morgan fingerprint density at radius 1 is 1.21 bits per heavy atom. The zero-order chi connectivity index (χ0) is 17.9. The van der Waals surface area contributed by atoms with Crippen LogP contribution >= 0.6 is 0 Å². The number of nitrogens with zero attached hydrogens (tertiary/aromatic N) is 1. The van der Waals surface area contributed by atoms with Crippen LogP contribution in [0.5, 0.6) is 0 Å². The van der Waals surface area contributed by atoms with Gasteiger partial charge in [-0.1, -0.05) is 18.2 Å². The van der Waals surface area contributed by atoms with Crippen molar-refractivity contribution in [1.29, 1.82) is 0 Å². The van der Waals surface area contributed by atoms with Crippen LogP contribution in [0.3, 0.4) is 0 Å². The number of halogens is 3. The summed E-state index contributed by atoms with van der Waals surface area (Å²) in [5.41, 5.74) is 1.42. The fraction of sp³-hybridized carbons (Fsp3) is 0.333. The van der Waals surface area contributed by atoms with Crippen LogP contribution in [0.4, 0.5) is 13.2 Å². The Hall–Kier alpha value is -2.55. The van der Waals surface area contributed by atoms with Gasteiger partial charge in [0, 0.05) is 36.3 Å². The minimum absolute atomic E-state index is 0.299. The molecule has 1 heterocycles. The molecule has 130 valence electrons. The molecule has 3 N–H and O–H groups in total. The Kier molecular flexibility index (Phi) is 5.13. The molecule has 2 amide bonds. The summed E-state index contributed by atoms with van der Waals surface area (Å²) in [5, 5.41) is 14.5. The van der Waals surface area contributed by atoms with Crippen LogP contribution < -0.4 is 10.6 Å². The quantitative estimate of drug-likeness (QED) is 0.725. The number of carbonyl (C=O) groups excluding carboxylic acids is 2. The summed E-state index contributed by atoms with van der Waals surface area (Å²) < 4.78 is 37.7. The molecule has 0 fully saturated rings. The van der Waals surface area contributed by atoms with Gasteiger partial charge in [-0.2, -0.15) is 13.2 Å². The van der Waals surface area contributed by atoms with Crippen LogP contribution in [0.2, 0.25) is 0 Å².